The van der Waals surface area contributed by atoms with E-state index in [0.29, 0.717) is 6.42 Å². The molecule has 1 aromatic rings. The van der Waals surface area contributed by atoms with Gasteiger partial charge in [-0.25, -0.2) is 9.90 Å². The van der Waals surface area contributed by atoms with Crippen molar-refractivity contribution in [3.8, 4) is 0 Å². The maximum Gasteiger partial charge on any atom is 0.321 e. The number of urea groups is 1. The van der Waals surface area contributed by atoms with Crippen molar-refractivity contribution >= 4 is 11.7 Å². The Morgan fingerprint density at radius 3 is 2.33 bits per heavy atom. The first kappa shape index (κ1) is 11.5. The molecule has 0 fully saturated rings. The summed E-state index contributed by atoms with van der Waals surface area (Å²) in [4.78, 5) is 12.8. The van der Waals surface area contributed by atoms with Crippen LogP contribution in [0, 0.1) is 0 Å². The topological polar surface area (TPSA) is 52.2 Å². The molecular weight excluding hydrogens is 192 g/mol. The Hall–Kier alpha value is -1.55. The first-order valence-electron chi connectivity index (χ1n) is 4.79. The fraction of sp³-hybridized carbons (Fsp3) is 0.364. The quantitative estimate of drug-likeness (QED) is 0.806. The molecule has 1 N–H and O–H groups in total. The van der Waals surface area contributed by atoms with E-state index in [2.05, 4.69) is 5.32 Å². The van der Waals surface area contributed by atoms with Crippen LogP contribution in [0.4, 0.5) is 10.5 Å². The summed E-state index contributed by atoms with van der Waals surface area (Å²) < 4.78 is 0. The van der Waals surface area contributed by atoms with Gasteiger partial charge in [0, 0.05) is 19.8 Å². The Morgan fingerprint density at radius 1 is 1.27 bits per heavy atom. The maximum absolute atomic E-state index is 11.3. The summed E-state index contributed by atoms with van der Waals surface area (Å²) in [5.74, 6) is 0. The lowest BCUT2D eigenvalue weighted by Gasteiger charge is -2.12. The Balaban J connectivity index is 2.60. The Labute approximate surface area is 89.5 Å². The fourth-order valence-electron chi connectivity index (χ4n) is 1.11. The number of nitrogens with one attached hydrogen (secondary N) is 1. The lowest BCUT2D eigenvalue weighted by atomic mass is 10.1. The molecule has 0 aliphatic heterocycles. The SMILES string of the molecule is CN(C)C(=O)Nc1ccc(CC[O])cc1. The molecule has 4 nitrogen and oxygen atoms in total. The highest BCUT2D eigenvalue weighted by Crippen LogP contribution is 2.10. The monoisotopic (exact) mass is 207 g/mol. The molecule has 0 bridgehead atoms. The molecule has 81 valence electrons. The summed E-state index contributed by atoms with van der Waals surface area (Å²) in [7, 11) is 3.36. The van der Waals surface area contributed by atoms with E-state index in [9.17, 15) is 9.90 Å². The van der Waals surface area contributed by atoms with Crippen molar-refractivity contribution in [3.63, 3.8) is 0 Å². The van der Waals surface area contributed by atoms with Crippen LogP contribution in [0.3, 0.4) is 0 Å². The van der Waals surface area contributed by atoms with Crippen molar-refractivity contribution in [2.45, 2.75) is 6.42 Å². The molecule has 0 heterocycles. The van der Waals surface area contributed by atoms with Crippen LogP contribution in [0.25, 0.3) is 0 Å². The molecule has 0 saturated carbocycles. The summed E-state index contributed by atoms with van der Waals surface area (Å²) >= 11 is 0. The molecule has 1 rings (SSSR count). The zero-order valence-corrected chi connectivity index (χ0v) is 8.99. The van der Waals surface area contributed by atoms with E-state index in [1.165, 1.54) is 4.90 Å². The van der Waals surface area contributed by atoms with Gasteiger partial charge in [-0.05, 0) is 24.1 Å². The summed E-state index contributed by atoms with van der Waals surface area (Å²) in [5.41, 5.74) is 1.73. The number of anilines is 1. The van der Waals surface area contributed by atoms with Crippen molar-refractivity contribution in [2.75, 3.05) is 26.0 Å². The number of rotatable bonds is 3. The predicted octanol–water partition coefficient (Wildman–Crippen LogP) is 1.75. The van der Waals surface area contributed by atoms with Gasteiger partial charge in [0.15, 0.2) is 0 Å². The molecule has 0 atom stereocenters. The third kappa shape index (κ3) is 3.59. The van der Waals surface area contributed by atoms with E-state index >= 15 is 0 Å². The number of carbonyl (C=O) groups excluding carboxylic acids is 1. The van der Waals surface area contributed by atoms with Crippen molar-refractivity contribution in [2.24, 2.45) is 0 Å². The van der Waals surface area contributed by atoms with Crippen LogP contribution in [0.5, 0.6) is 0 Å². The molecule has 0 spiro atoms. The molecular formula is C11H15N2O2. The highest BCUT2D eigenvalue weighted by molar-refractivity contribution is 5.88. The Kier molecular flexibility index (Phi) is 4.12. The Bertz CT molecular complexity index is 320. The largest absolute Gasteiger partial charge is 0.331 e. The maximum atomic E-state index is 11.3. The van der Waals surface area contributed by atoms with Crippen LogP contribution in [0.1, 0.15) is 5.56 Å². The number of amides is 2. The summed E-state index contributed by atoms with van der Waals surface area (Å²) in [6.07, 6.45) is 0.530. The van der Waals surface area contributed by atoms with Gasteiger partial charge < -0.3 is 10.2 Å². The van der Waals surface area contributed by atoms with E-state index in [1.807, 2.05) is 12.1 Å². The molecule has 0 aliphatic carbocycles. The van der Waals surface area contributed by atoms with Crippen LogP contribution >= 0.6 is 0 Å². The number of nitrogens with zero attached hydrogens (tertiary/aromatic N) is 1. The second-order valence-electron chi connectivity index (χ2n) is 3.48. The molecule has 1 aromatic carbocycles. The molecule has 4 heteroatoms. The van der Waals surface area contributed by atoms with Gasteiger partial charge in [0.2, 0.25) is 0 Å². The number of hydrogen-bond acceptors (Lipinski definition) is 1. The molecule has 0 saturated heterocycles. The first-order chi connectivity index (χ1) is 7.13. The van der Waals surface area contributed by atoms with E-state index in [1.54, 1.807) is 26.2 Å². The number of hydrogen-bond donors (Lipinski definition) is 1. The molecule has 2 amide bonds. The standard InChI is InChI=1S/C11H15N2O2/c1-13(2)11(15)12-10-5-3-9(4-6-10)7-8-14/h3-6H,7-8H2,1-2H3,(H,12,15). The lowest BCUT2D eigenvalue weighted by molar-refractivity contribution is 0.197. The van der Waals surface area contributed by atoms with Crippen LogP contribution in [-0.4, -0.2) is 31.6 Å². The van der Waals surface area contributed by atoms with Gasteiger partial charge in [-0.1, -0.05) is 12.1 Å². The lowest BCUT2D eigenvalue weighted by Crippen LogP contribution is -2.27. The molecule has 0 aromatic heterocycles. The van der Waals surface area contributed by atoms with Gasteiger partial charge in [0.25, 0.3) is 0 Å². The van der Waals surface area contributed by atoms with Crippen molar-refractivity contribution in [1.29, 1.82) is 0 Å². The van der Waals surface area contributed by atoms with E-state index in [-0.39, 0.29) is 12.6 Å². The van der Waals surface area contributed by atoms with Gasteiger partial charge in [0.05, 0.1) is 6.61 Å². The van der Waals surface area contributed by atoms with Gasteiger partial charge >= 0.3 is 6.03 Å². The Morgan fingerprint density at radius 2 is 1.87 bits per heavy atom. The minimum absolute atomic E-state index is 0.108. The third-order valence-electron chi connectivity index (χ3n) is 2.00. The van der Waals surface area contributed by atoms with Crippen molar-refractivity contribution < 1.29 is 9.90 Å². The normalized spacial score (nSPS) is 9.80. The van der Waals surface area contributed by atoms with Gasteiger partial charge in [-0.15, -0.1) is 0 Å². The number of carbonyl (C=O) groups is 1. The zero-order chi connectivity index (χ0) is 11.3. The van der Waals surface area contributed by atoms with Crippen LogP contribution in [0.2, 0.25) is 0 Å². The average Bonchev–Trinajstić information content (AvgIpc) is 2.21. The van der Waals surface area contributed by atoms with Crippen molar-refractivity contribution in [1.82, 2.24) is 4.90 Å². The van der Waals surface area contributed by atoms with Crippen LogP contribution in [0.15, 0.2) is 24.3 Å². The molecule has 0 aliphatic rings. The van der Waals surface area contributed by atoms with Gasteiger partial charge in [-0.2, -0.15) is 0 Å². The van der Waals surface area contributed by atoms with Crippen molar-refractivity contribution in [3.05, 3.63) is 29.8 Å². The smallest absolute Gasteiger partial charge is 0.321 e. The van der Waals surface area contributed by atoms with Crippen LogP contribution in [-0.2, 0) is 11.5 Å². The van der Waals surface area contributed by atoms with E-state index in [0.717, 1.165) is 11.3 Å². The summed E-state index contributed by atoms with van der Waals surface area (Å²) in [6, 6.07) is 7.14. The fourth-order valence-corrected chi connectivity index (χ4v) is 1.11. The second-order valence-corrected chi connectivity index (χ2v) is 3.48. The predicted molar refractivity (Wildman–Crippen MR) is 58.4 cm³/mol. The average molecular weight is 207 g/mol. The zero-order valence-electron chi connectivity index (χ0n) is 8.99. The minimum atomic E-state index is -0.161. The second kappa shape index (κ2) is 5.36. The van der Waals surface area contributed by atoms with Gasteiger partial charge in [-0.3, -0.25) is 0 Å². The minimum Gasteiger partial charge on any atom is -0.331 e. The number of benzene rings is 1. The molecule has 1 radical (unpaired) electrons. The highest BCUT2D eigenvalue weighted by Gasteiger charge is 2.02. The van der Waals surface area contributed by atoms with E-state index < -0.39 is 0 Å². The molecule has 15 heavy (non-hydrogen) atoms. The van der Waals surface area contributed by atoms with Crippen LogP contribution < -0.4 is 5.32 Å². The third-order valence-corrected chi connectivity index (χ3v) is 2.00. The van der Waals surface area contributed by atoms with E-state index in [4.69, 9.17) is 0 Å². The summed E-state index contributed by atoms with van der Waals surface area (Å²) in [6.45, 7) is -0.108. The molecule has 0 unspecified atom stereocenters. The first-order valence-corrected chi connectivity index (χ1v) is 4.79. The van der Waals surface area contributed by atoms with Gasteiger partial charge in [0.1, 0.15) is 0 Å². The summed E-state index contributed by atoms with van der Waals surface area (Å²) in [5, 5.41) is 13.1. The highest BCUT2D eigenvalue weighted by atomic mass is 16.3.